The van der Waals surface area contributed by atoms with E-state index in [2.05, 4.69) is 6.92 Å². The summed E-state index contributed by atoms with van der Waals surface area (Å²) in [5, 5.41) is 8.77. The summed E-state index contributed by atoms with van der Waals surface area (Å²) < 4.78 is 0. The number of likely N-dealkylation sites (tertiary alicyclic amines) is 1. The summed E-state index contributed by atoms with van der Waals surface area (Å²) in [7, 11) is 0. The fraction of sp³-hybridized carbons (Fsp3) is 0.867. The number of rotatable bonds is 8. The Bertz CT molecular complexity index is 291. The summed E-state index contributed by atoms with van der Waals surface area (Å²) in [4.78, 5) is 24.8. The van der Waals surface area contributed by atoms with Crippen LogP contribution >= 0.6 is 0 Å². The molecule has 110 valence electrons. The average molecular weight is 269 g/mol. The Morgan fingerprint density at radius 1 is 1.16 bits per heavy atom. The zero-order valence-electron chi connectivity index (χ0n) is 12.1. The summed E-state index contributed by atoms with van der Waals surface area (Å²) >= 11 is 0. The van der Waals surface area contributed by atoms with Crippen LogP contribution < -0.4 is 0 Å². The molecular formula is C15H27NO3. The molecule has 0 spiro atoms. The van der Waals surface area contributed by atoms with Gasteiger partial charge in [0.2, 0.25) is 5.91 Å². The molecule has 19 heavy (non-hydrogen) atoms. The largest absolute Gasteiger partial charge is 0.481 e. The Morgan fingerprint density at radius 3 is 2.63 bits per heavy atom. The van der Waals surface area contributed by atoms with Crippen LogP contribution in [-0.2, 0) is 9.59 Å². The van der Waals surface area contributed by atoms with Gasteiger partial charge in [0, 0.05) is 25.4 Å². The molecule has 1 fully saturated rings. The molecule has 0 radical (unpaired) electrons. The lowest BCUT2D eigenvalue weighted by Crippen LogP contribution is -2.43. The number of hydrogen-bond donors (Lipinski definition) is 1. The minimum absolute atomic E-state index is 0.156. The summed E-state index contributed by atoms with van der Waals surface area (Å²) in [5.74, 6) is -0.535. The topological polar surface area (TPSA) is 57.6 Å². The van der Waals surface area contributed by atoms with E-state index in [0.29, 0.717) is 12.8 Å². The van der Waals surface area contributed by atoms with Gasteiger partial charge in [0.15, 0.2) is 0 Å². The quantitative estimate of drug-likeness (QED) is 0.688. The number of unbranched alkanes of at least 4 members (excludes halogenated alkanes) is 3. The van der Waals surface area contributed by atoms with E-state index in [4.69, 9.17) is 5.11 Å². The van der Waals surface area contributed by atoms with Gasteiger partial charge in [-0.1, -0.05) is 26.2 Å². The van der Waals surface area contributed by atoms with Crippen LogP contribution in [0.3, 0.4) is 0 Å². The van der Waals surface area contributed by atoms with Crippen molar-refractivity contribution in [2.24, 2.45) is 0 Å². The first-order valence-electron chi connectivity index (χ1n) is 7.66. The van der Waals surface area contributed by atoms with E-state index in [-0.39, 0.29) is 18.4 Å². The highest BCUT2D eigenvalue weighted by molar-refractivity contribution is 5.76. The number of carboxylic acid groups (broad SMARTS) is 1. The van der Waals surface area contributed by atoms with Gasteiger partial charge in [-0.3, -0.25) is 9.59 Å². The van der Waals surface area contributed by atoms with Crippen molar-refractivity contribution in [1.29, 1.82) is 0 Å². The van der Waals surface area contributed by atoms with Crippen LogP contribution in [0.15, 0.2) is 0 Å². The lowest BCUT2D eigenvalue weighted by molar-refractivity contribution is -0.140. The molecule has 0 saturated carbocycles. The van der Waals surface area contributed by atoms with Gasteiger partial charge in [0.1, 0.15) is 0 Å². The average Bonchev–Trinajstić information content (AvgIpc) is 2.41. The van der Waals surface area contributed by atoms with E-state index < -0.39 is 5.97 Å². The third kappa shape index (κ3) is 6.08. The fourth-order valence-corrected chi connectivity index (χ4v) is 2.77. The Balaban J connectivity index is 2.37. The third-order valence-electron chi connectivity index (χ3n) is 3.88. The molecule has 1 amide bonds. The first-order chi connectivity index (χ1) is 9.15. The number of hydrogen-bond acceptors (Lipinski definition) is 2. The number of carbonyl (C=O) groups is 2. The second-order valence-corrected chi connectivity index (χ2v) is 5.48. The molecule has 1 rings (SSSR count). The lowest BCUT2D eigenvalue weighted by Gasteiger charge is -2.35. The van der Waals surface area contributed by atoms with Gasteiger partial charge in [-0.05, 0) is 32.1 Å². The van der Waals surface area contributed by atoms with Gasteiger partial charge in [0.25, 0.3) is 0 Å². The molecule has 1 N–H and O–H groups in total. The molecule has 0 aromatic rings. The minimum Gasteiger partial charge on any atom is -0.481 e. The van der Waals surface area contributed by atoms with Crippen LogP contribution in [0.4, 0.5) is 0 Å². The Labute approximate surface area is 116 Å². The molecule has 0 aromatic carbocycles. The number of piperidine rings is 1. The number of aliphatic carboxylic acids is 1. The highest BCUT2D eigenvalue weighted by Gasteiger charge is 2.26. The second kappa shape index (κ2) is 8.94. The van der Waals surface area contributed by atoms with Crippen LogP contribution in [0.1, 0.15) is 71.1 Å². The van der Waals surface area contributed by atoms with Crippen LogP contribution in [0.2, 0.25) is 0 Å². The second-order valence-electron chi connectivity index (χ2n) is 5.48. The molecule has 1 aliphatic rings. The van der Waals surface area contributed by atoms with E-state index in [1.807, 2.05) is 4.90 Å². The van der Waals surface area contributed by atoms with E-state index >= 15 is 0 Å². The SMILES string of the molecule is CCCCCCC(=O)N1CCCCC1CCC(=O)O. The molecule has 0 aromatic heterocycles. The molecule has 1 saturated heterocycles. The maximum atomic E-state index is 12.2. The van der Waals surface area contributed by atoms with Crippen molar-refractivity contribution < 1.29 is 14.7 Å². The van der Waals surface area contributed by atoms with Crippen LogP contribution in [0.5, 0.6) is 0 Å². The normalized spacial score (nSPS) is 19.4. The monoisotopic (exact) mass is 269 g/mol. The van der Waals surface area contributed by atoms with Crippen LogP contribution in [0.25, 0.3) is 0 Å². The van der Waals surface area contributed by atoms with Gasteiger partial charge in [-0.2, -0.15) is 0 Å². The summed E-state index contributed by atoms with van der Waals surface area (Å²) in [6.07, 6.45) is 9.01. The maximum absolute atomic E-state index is 12.2. The highest BCUT2D eigenvalue weighted by atomic mass is 16.4. The highest BCUT2D eigenvalue weighted by Crippen LogP contribution is 2.22. The number of carboxylic acids is 1. The van der Waals surface area contributed by atoms with Crippen molar-refractivity contribution in [1.82, 2.24) is 4.90 Å². The van der Waals surface area contributed by atoms with E-state index in [0.717, 1.165) is 38.6 Å². The first-order valence-corrected chi connectivity index (χ1v) is 7.66. The molecule has 4 heteroatoms. The minimum atomic E-state index is -0.763. The number of nitrogens with zero attached hydrogens (tertiary/aromatic N) is 1. The zero-order valence-corrected chi connectivity index (χ0v) is 12.1. The molecule has 1 heterocycles. The van der Waals surface area contributed by atoms with Crippen molar-refractivity contribution in [3.8, 4) is 0 Å². The zero-order chi connectivity index (χ0) is 14.1. The van der Waals surface area contributed by atoms with E-state index in [9.17, 15) is 9.59 Å². The molecule has 0 aliphatic carbocycles. The summed E-state index contributed by atoms with van der Waals surface area (Å²) in [6, 6.07) is 0.156. The molecule has 0 bridgehead atoms. The molecule has 4 nitrogen and oxygen atoms in total. The van der Waals surface area contributed by atoms with E-state index in [1.165, 1.54) is 12.8 Å². The summed E-state index contributed by atoms with van der Waals surface area (Å²) in [6.45, 7) is 2.98. The van der Waals surface area contributed by atoms with Gasteiger partial charge < -0.3 is 10.0 Å². The lowest BCUT2D eigenvalue weighted by atomic mass is 9.97. The Hall–Kier alpha value is -1.06. The van der Waals surface area contributed by atoms with Gasteiger partial charge >= 0.3 is 5.97 Å². The number of carbonyl (C=O) groups excluding carboxylic acids is 1. The first kappa shape index (κ1) is 16.0. The Morgan fingerprint density at radius 2 is 1.95 bits per heavy atom. The molecule has 1 aliphatic heterocycles. The van der Waals surface area contributed by atoms with Crippen molar-refractivity contribution in [2.75, 3.05) is 6.54 Å². The predicted molar refractivity (Wildman–Crippen MR) is 75.0 cm³/mol. The van der Waals surface area contributed by atoms with Gasteiger partial charge in [-0.25, -0.2) is 0 Å². The van der Waals surface area contributed by atoms with Crippen LogP contribution in [0, 0.1) is 0 Å². The summed E-state index contributed by atoms with van der Waals surface area (Å²) in [5.41, 5.74) is 0. The number of amides is 1. The van der Waals surface area contributed by atoms with E-state index in [1.54, 1.807) is 0 Å². The molecule has 1 unspecified atom stereocenters. The van der Waals surface area contributed by atoms with Gasteiger partial charge in [0.05, 0.1) is 0 Å². The molecule has 1 atom stereocenters. The smallest absolute Gasteiger partial charge is 0.303 e. The van der Waals surface area contributed by atoms with Gasteiger partial charge in [-0.15, -0.1) is 0 Å². The Kier molecular flexibility index (Phi) is 7.53. The van der Waals surface area contributed by atoms with Crippen molar-refractivity contribution in [2.45, 2.75) is 77.2 Å². The van der Waals surface area contributed by atoms with Crippen molar-refractivity contribution >= 4 is 11.9 Å². The van der Waals surface area contributed by atoms with Crippen molar-refractivity contribution in [3.63, 3.8) is 0 Å². The fourth-order valence-electron chi connectivity index (χ4n) is 2.77. The molecular weight excluding hydrogens is 242 g/mol. The van der Waals surface area contributed by atoms with Crippen LogP contribution in [-0.4, -0.2) is 34.5 Å². The standard InChI is InChI=1S/C15H27NO3/c1-2-3-4-5-9-14(17)16-12-7-6-8-13(16)10-11-15(18)19/h13H,2-12H2,1H3,(H,18,19). The van der Waals surface area contributed by atoms with Crippen molar-refractivity contribution in [3.05, 3.63) is 0 Å². The third-order valence-corrected chi connectivity index (χ3v) is 3.88. The predicted octanol–water partition coefficient (Wildman–Crippen LogP) is 3.20. The maximum Gasteiger partial charge on any atom is 0.303 e.